The molecule has 1 fully saturated rings. The van der Waals surface area contributed by atoms with E-state index in [0.29, 0.717) is 13.1 Å². The first kappa shape index (κ1) is 11.6. The van der Waals surface area contributed by atoms with Crippen molar-refractivity contribution in [2.24, 2.45) is 5.92 Å². The molecule has 1 heterocycles. The van der Waals surface area contributed by atoms with Crippen LogP contribution in [-0.4, -0.2) is 36.9 Å². The Balaban J connectivity index is 1.96. The van der Waals surface area contributed by atoms with E-state index in [4.69, 9.17) is 0 Å². The molecule has 1 saturated heterocycles. The molecule has 4 heteroatoms. The van der Waals surface area contributed by atoms with Crippen LogP contribution in [0.15, 0.2) is 30.3 Å². The molecule has 0 bridgehead atoms. The van der Waals surface area contributed by atoms with Crippen LogP contribution in [0.2, 0.25) is 0 Å². The van der Waals surface area contributed by atoms with Crippen LogP contribution < -0.4 is 4.90 Å². The lowest BCUT2D eigenvalue weighted by Gasteiger charge is -2.39. The number of benzene rings is 1. The Morgan fingerprint density at radius 2 is 1.82 bits per heavy atom. The lowest BCUT2D eigenvalue weighted by Crippen LogP contribution is -2.55. The quantitative estimate of drug-likeness (QED) is 0.767. The summed E-state index contributed by atoms with van der Waals surface area (Å²) in [4.78, 5) is 26.5. The Morgan fingerprint density at radius 3 is 2.35 bits per heavy atom. The molecule has 0 atom stereocenters. The van der Waals surface area contributed by atoms with E-state index in [2.05, 4.69) is 0 Å². The van der Waals surface area contributed by atoms with Crippen LogP contribution in [0.25, 0.3) is 0 Å². The van der Waals surface area contributed by atoms with Gasteiger partial charge in [-0.1, -0.05) is 18.2 Å². The summed E-state index contributed by atoms with van der Waals surface area (Å²) in [6.45, 7) is 2.62. The van der Waals surface area contributed by atoms with E-state index in [-0.39, 0.29) is 17.7 Å². The fraction of sp³-hybridized carbons (Fsp3) is 0.385. The van der Waals surface area contributed by atoms with Gasteiger partial charge in [-0.05, 0) is 12.1 Å². The largest absolute Gasteiger partial charge is 0.341 e. The van der Waals surface area contributed by atoms with Gasteiger partial charge >= 0.3 is 0 Å². The second-order valence-electron chi connectivity index (χ2n) is 4.35. The number of amides is 2. The van der Waals surface area contributed by atoms with Crippen LogP contribution >= 0.6 is 0 Å². The summed E-state index contributed by atoms with van der Waals surface area (Å²) in [5.41, 5.74) is 0.888. The lowest BCUT2D eigenvalue weighted by molar-refractivity contribution is -0.140. The Kier molecular flexibility index (Phi) is 3.13. The van der Waals surface area contributed by atoms with E-state index in [0.717, 1.165) is 5.69 Å². The summed E-state index contributed by atoms with van der Waals surface area (Å²) in [6.07, 6.45) is 0. The molecule has 90 valence electrons. The van der Waals surface area contributed by atoms with Crippen LogP contribution in [0, 0.1) is 5.92 Å². The number of likely N-dealkylation sites (tertiary alicyclic amines) is 1. The number of hydrogen-bond acceptors (Lipinski definition) is 2. The minimum atomic E-state index is -0.0518. The maximum Gasteiger partial charge on any atom is 0.233 e. The fourth-order valence-corrected chi connectivity index (χ4v) is 1.94. The van der Waals surface area contributed by atoms with Gasteiger partial charge in [-0.25, -0.2) is 0 Å². The van der Waals surface area contributed by atoms with E-state index in [9.17, 15) is 9.59 Å². The summed E-state index contributed by atoms with van der Waals surface area (Å²) in [5.74, 6) is 0.0641. The highest BCUT2D eigenvalue weighted by Crippen LogP contribution is 2.21. The Morgan fingerprint density at radius 1 is 1.24 bits per heavy atom. The van der Waals surface area contributed by atoms with Crippen molar-refractivity contribution in [2.75, 3.05) is 25.0 Å². The highest BCUT2D eigenvalue weighted by atomic mass is 16.2. The number of carbonyl (C=O) groups excluding carboxylic acids is 2. The highest BCUT2D eigenvalue weighted by Gasteiger charge is 2.35. The Labute approximate surface area is 101 Å². The predicted molar refractivity (Wildman–Crippen MR) is 65.6 cm³/mol. The number of nitrogens with zero attached hydrogens (tertiary/aromatic N) is 2. The standard InChI is InChI=1S/C13H16N2O2/c1-10(16)15-8-11(9-15)13(17)14(2)12-6-4-3-5-7-12/h3-7,11H,8-9H2,1-2H3. The predicted octanol–water partition coefficient (Wildman–Crippen LogP) is 1.13. The summed E-state index contributed by atoms with van der Waals surface area (Å²) < 4.78 is 0. The molecule has 1 aromatic rings. The van der Waals surface area contributed by atoms with Gasteiger partial charge < -0.3 is 9.80 Å². The molecule has 2 amide bonds. The van der Waals surface area contributed by atoms with Gasteiger partial charge in [0, 0.05) is 32.7 Å². The molecule has 0 unspecified atom stereocenters. The molecule has 1 aliphatic heterocycles. The molecular weight excluding hydrogens is 216 g/mol. The number of carbonyl (C=O) groups is 2. The number of hydrogen-bond donors (Lipinski definition) is 0. The van der Waals surface area contributed by atoms with Gasteiger partial charge in [-0.2, -0.15) is 0 Å². The Bertz CT molecular complexity index is 424. The minimum absolute atomic E-state index is 0.0383. The minimum Gasteiger partial charge on any atom is -0.341 e. The molecule has 0 aliphatic carbocycles. The van der Waals surface area contributed by atoms with Gasteiger partial charge in [0.05, 0.1) is 5.92 Å². The highest BCUT2D eigenvalue weighted by molar-refractivity contribution is 5.96. The molecule has 0 N–H and O–H groups in total. The van der Waals surface area contributed by atoms with E-state index in [1.54, 1.807) is 16.8 Å². The maximum atomic E-state index is 12.1. The molecular formula is C13H16N2O2. The van der Waals surface area contributed by atoms with Gasteiger partial charge in [0.2, 0.25) is 11.8 Å². The maximum absolute atomic E-state index is 12.1. The molecule has 2 rings (SSSR count). The van der Waals surface area contributed by atoms with Crippen molar-refractivity contribution in [3.63, 3.8) is 0 Å². The number of para-hydroxylation sites is 1. The van der Waals surface area contributed by atoms with Crippen molar-refractivity contribution in [1.82, 2.24) is 4.90 Å². The summed E-state index contributed by atoms with van der Waals surface area (Å²) in [6, 6.07) is 9.53. The molecule has 0 radical (unpaired) electrons. The topological polar surface area (TPSA) is 40.6 Å². The molecule has 1 aliphatic rings. The molecule has 1 aromatic carbocycles. The first-order chi connectivity index (χ1) is 8.09. The third kappa shape index (κ3) is 2.30. The van der Waals surface area contributed by atoms with Crippen molar-refractivity contribution < 1.29 is 9.59 Å². The van der Waals surface area contributed by atoms with Gasteiger partial charge in [0.25, 0.3) is 0 Å². The second-order valence-corrected chi connectivity index (χ2v) is 4.35. The first-order valence-electron chi connectivity index (χ1n) is 5.67. The smallest absolute Gasteiger partial charge is 0.233 e. The summed E-state index contributed by atoms with van der Waals surface area (Å²) in [5, 5.41) is 0. The molecule has 0 spiro atoms. The molecule has 0 aromatic heterocycles. The van der Waals surface area contributed by atoms with Gasteiger partial charge in [-0.3, -0.25) is 9.59 Å². The van der Waals surface area contributed by atoms with Crippen LogP contribution in [0.4, 0.5) is 5.69 Å². The summed E-state index contributed by atoms with van der Waals surface area (Å²) in [7, 11) is 1.77. The fourth-order valence-electron chi connectivity index (χ4n) is 1.94. The average Bonchev–Trinajstić information content (AvgIpc) is 2.26. The third-order valence-electron chi connectivity index (χ3n) is 3.15. The van der Waals surface area contributed by atoms with E-state index >= 15 is 0 Å². The zero-order chi connectivity index (χ0) is 12.4. The van der Waals surface area contributed by atoms with Crippen molar-refractivity contribution >= 4 is 17.5 Å². The number of anilines is 1. The van der Waals surface area contributed by atoms with Gasteiger partial charge in [0.1, 0.15) is 0 Å². The van der Waals surface area contributed by atoms with Crippen molar-refractivity contribution in [1.29, 1.82) is 0 Å². The molecule has 17 heavy (non-hydrogen) atoms. The third-order valence-corrected chi connectivity index (χ3v) is 3.15. The van der Waals surface area contributed by atoms with Crippen molar-refractivity contribution in [3.8, 4) is 0 Å². The normalized spacial score (nSPS) is 15.3. The second kappa shape index (κ2) is 4.57. The summed E-state index contributed by atoms with van der Waals surface area (Å²) >= 11 is 0. The Hall–Kier alpha value is -1.84. The average molecular weight is 232 g/mol. The van der Waals surface area contributed by atoms with E-state index < -0.39 is 0 Å². The first-order valence-corrected chi connectivity index (χ1v) is 5.67. The van der Waals surface area contributed by atoms with Crippen LogP contribution in [0.3, 0.4) is 0 Å². The van der Waals surface area contributed by atoms with Gasteiger partial charge in [0.15, 0.2) is 0 Å². The van der Waals surface area contributed by atoms with E-state index in [1.807, 2.05) is 30.3 Å². The SMILES string of the molecule is CC(=O)N1CC(C(=O)N(C)c2ccccc2)C1. The number of rotatable bonds is 2. The molecule has 4 nitrogen and oxygen atoms in total. The lowest BCUT2D eigenvalue weighted by atomic mass is 9.98. The van der Waals surface area contributed by atoms with Crippen molar-refractivity contribution in [3.05, 3.63) is 30.3 Å². The van der Waals surface area contributed by atoms with Crippen molar-refractivity contribution in [2.45, 2.75) is 6.92 Å². The molecule has 0 saturated carbocycles. The zero-order valence-electron chi connectivity index (χ0n) is 10.1. The monoisotopic (exact) mass is 232 g/mol. The van der Waals surface area contributed by atoms with Gasteiger partial charge in [-0.15, -0.1) is 0 Å². The van der Waals surface area contributed by atoms with Crippen LogP contribution in [-0.2, 0) is 9.59 Å². The van der Waals surface area contributed by atoms with E-state index in [1.165, 1.54) is 6.92 Å². The van der Waals surface area contributed by atoms with Crippen LogP contribution in [0.1, 0.15) is 6.92 Å². The van der Waals surface area contributed by atoms with Crippen LogP contribution in [0.5, 0.6) is 0 Å². The zero-order valence-corrected chi connectivity index (χ0v) is 10.1.